The SMILES string of the molecule is COc1ccc(C(CNC(=O)COc2ccccc2C)N(C)C)cc1. The van der Waals surface area contributed by atoms with E-state index in [-0.39, 0.29) is 18.6 Å². The molecular formula is C20H26N2O3. The second-order valence-electron chi connectivity index (χ2n) is 6.11. The van der Waals surface area contributed by atoms with Gasteiger partial charge in [0.25, 0.3) is 5.91 Å². The maximum Gasteiger partial charge on any atom is 0.258 e. The molecule has 5 heteroatoms. The summed E-state index contributed by atoms with van der Waals surface area (Å²) in [5.41, 5.74) is 2.13. The second-order valence-corrected chi connectivity index (χ2v) is 6.11. The van der Waals surface area contributed by atoms with Gasteiger partial charge in [-0.1, -0.05) is 30.3 Å². The fourth-order valence-corrected chi connectivity index (χ4v) is 2.55. The summed E-state index contributed by atoms with van der Waals surface area (Å²) in [6.07, 6.45) is 0. The van der Waals surface area contributed by atoms with Gasteiger partial charge in [-0.3, -0.25) is 4.79 Å². The van der Waals surface area contributed by atoms with Gasteiger partial charge < -0.3 is 19.7 Å². The Morgan fingerprint density at radius 1 is 1.12 bits per heavy atom. The van der Waals surface area contributed by atoms with Crippen LogP contribution in [0.5, 0.6) is 11.5 Å². The first-order valence-electron chi connectivity index (χ1n) is 8.26. The molecule has 1 amide bonds. The number of aryl methyl sites for hydroxylation is 1. The molecule has 0 aromatic heterocycles. The van der Waals surface area contributed by atoms with E-state index in [1.807, 2.05) is 69.6 Å². The predicted octanol–water partition coefficient (Wildman–Crippen LogP) is 2.80. The molecule has 1 unspecified atom stereocenters. The molecule has 0 radical (unpaired) electrons. The molecule has 0 saturated carbocycles. The molecule has 0 aliphatic carbocycles. The summed E-state index contributed by atoms with van der Waals surface area (Å²) < 4.78 is 10.8. The van der Waals surface area contributed by atoms with Crippen molar-refractivity contribution in [2.75, 3.05) is 34.4 Å². The van der Waals surface area contributed by atoms with Gasteiger partial charge in [-0.25, -0.2) is 0 Å². The standard InChI is InChI=1S/C20H26N2O3/c1-15-7-5-6-8-19(15)25-14-20(23)21-13-18(22(2)3)16-9-11-17(24-4)12-10-16/h5-12,18H,13-14H2,1-4H3,(H,21,23). The van der Waals surface area contributed by atoms with Crippen molar-refractivity contribution in [2.45, 2.75) is 13.0 Å². The zero-order valence-electron chi connectivity index (χ0n) is 15.3. The van der Waals surface area contributed by atoms with Gasteiger partial charge in [0.2, 0.25) is 0 Å². The predicted molar refractivity (Wildman–Crippen MR) is 99.1 cm³/mol. The molecule has 0 spiro atoms. The van der Waals surface area contributed by atoms with Crippen molar-refractivity contribution in [3.8, 4) is 11.5 Å². The maximum atomic E-state index is 12.1. The summed E-state index contributed by atoms with van der Waals surface area (Å²) >= 11 is 0. The molecule has 1 atom stereocenters. The summed E-state index contributed by atoms with van der Waals surface area (Å²) in [5.74, 6) is 1.41. The average Bonchev–Trinajstić information content (AvgIpc) is 2.61. The molecular weight excluding hydrogens is 316 g/mol. The highest BCUT2D eigenvalue weighted by molar-refractivity contribution is 5.77. The fourth-order valence-electron chi connectivity index (χ4n) is 2.55. The van der Waals surface area contributed by atoms with Crippen LogP contribution in [-0.4, -0.2) is 45.2 Å². The number of carbonyl (C=O) groups is 1. The Hall–Kier alpha value is -2.53. The molecule has 2 aromatic rings. The Balaban J connectivity index is 1.89. The second kappa shape index (κ2) is 9.08. The normalized spacial score (nSPS) is 11.9. The van der Waals surface area contributed by atoms with E-state index < -0.39 is 0 Å². The van der Waals surface area contributed by atoms with Crippen molar-refractivity contribution >= 4 is 5.91 Å². The number of hydrogen-bond donors (Lipinski definition) is 1. The molecule has 134 valence electrons. The number of amides is 1. The van der Waals surface area contributed by atoms with Crippen LogP contribution < -0.4 is 14.8 Å². The summed E-state index contributed by atoms with van der Waals surface area (Å²) in [4.78, 5) is 14.2. The van der Waals surface area contributed by atoms with Gasteiger partial charge >= 0.3 is 0 Å². The topological polar surface area (TPSA) is 50.8 Å². The van der Waals surface area contributed by atoms with Gasteiger partial charge in [0, 0.05) is 6.54 Å². The van der Waals surface area contributed by atoms with Gasteiger partial charge in [-0.05, 0) is 50.3 Å². The lowest BCUT2D eigenvalue weighted by Gasteiger charge is -2.25. The molecule has 0 bridgehead atoms. The molecule has 0 saturated heterocycles. The maximum absolute atomic E-state index is 12.1. The molecule has 25 heavy (non-hydrogen) atoms. The highest BCUT2D eigenvalue weighted by atomic mass is 16.5. The monoisotopic (exact) mass is 342 g/mol. The number of ether oxygens (including phenoxy) is 2. The van der Waals surface area contributed by atoms with Crippen LogP contribution in [0.15, 0.2) is 48.5 Å². The van der Waals surface area contributed by atoms with Crippen LogP contribution >= 0.6 is 0 Å². The first-order valence-corrected chi connectivity index (χ1v) is 8.26. The zero-order chi connectivity index (χ0) is 18.2. The highest BCUT2D eigenvalue weighted by Gasteiger charge is 2.15. The van der Waals surface area contributed by atoms with Gasteiger partial charge in [-0.15, -0.1) is 0 Å². The van der Waals surface area contributed by atoms with E-state index in [1.54, 1.807) is 7.11 Å². The van der Waals surface area contributed by atoms with Gasteiger partial charge in [-0.2, -0.15) is 0 Å². The minimum Gasteiger partial charge on any atom is -0.497 e. The molecule has 0 aliphatic heterocycles. The number of nitrogens with one attached hydrogen (secondary N) is 1. The van der Waals surface area contributed by atoms with Crippen molar-refractivity contribution in [2.24, 2.45) is 0 Å². The largest absolute Gasteiger partial charge is 0.497 e. The Labute approximate surface area is 149 Å². The number of carbonyl (C=O) groups excluding carboxylic acids is 1. The van der Waals surface area contributed by atoms with Crippen LogP contribution in [0.25, 0.3) is 0 Å². The number of rotatable bonds is 8. The van der Waals surface area contributed by atoms with Gasteiger partial charge in [0.15, 0.2) is 6.61 Å². The van der Waals surface area contributed by atoms with Crippen LogP contribution in [-0.2, 0) is 4.79 Å². The first kappa shape index (κ1) is 18.8. The molecule has 2 rings (SSSR count). The van der Waals surface area contributed by atoms with Crippen molar-refractivity contribution in [3.63, 3.8) is 0 Å². The van der Waals surface area contributed by atoms with Crippen molar-refractivity contribution in [3.05, 3.63) is 59.7 Å². The zero-order valence-corrected chi connectivity index (χ0v) is 15.3. The van der Waals surface area contributed by atoms with Gasteiger partial charge in [0.1, 0.15) is 11.5 Å². The van der Waals surface area contributed by atoms with E-state index in [1.165, 1.54) is 0 Å². The van der Waals surface area contributed by atoms with E-state index >= 15 is 0 Å². The van der Waals surface area contributed by atoms with Crippen molar-refractivity contribution < 1.29 is 14.3 Å². The number of methoxy groups -OCH3 is 1. The molecule has 2 aromatic carbocycles. The highest BCUT2D eigenvalue weighted by Crippen LogP contribution is 2.21. The Kier molecular flexibility index (Phi) is 6.83. The molecule has 5 nitrogen and oxygen atoms in total. The number of likely N-dealkylation sites (N-methyl/N-ethyl adjacent to an activating group) is 1. The average molecular weight is 342 g/mol. The Morgan fingerprint density at radius 3 is 2.40 bits per heavy atom. The lowest BCUT2D eigenvalue weighted by molar-refractivity contribution is -0.123. The van der Waals surface area contributed by atoms with E-state index in [9.17, 15) is 4.79 Å². The molecule has 0 heterocycles. The minimum atomic E-state index is -0.136. The summed E-state index contributed by atoms with van der Waals surface area (Å²) in [6, 6.07) is 15.6. The van der Waals surface area contributed by atoms with Crippen LogP contribution in [0.3, 0.4) is 0 Å². The molecule has 1 N–H and O–H groups in total. The third kappa shape index (κ3) is 5.50. The van der Waals surface area contributed by atoms with E-state index in [0.29, 0.717) is 6.54 Å². The number of benzene rings is 2. The van der Waals surface area contributed by atoms with Crippen molar-refractivity contribution in [1.82, 2.24) is 10.2 Å². The Morgan fingerprint density at radius 2 is 1.80 bits per heavy atom. The summed E-state index contributed by atoms with van der Waals surface area (Å²) in [7, 11) is 5.63. The van der Waals surface area contributed by atoms with Crippen LogP contribution in [0.4, 0.5) is 0 Å². The third-order valence-electron chi connectivity index (χ3n) is 4.07. The van der Waals surface area contributed by atoms with E-state index in [2.05, 4.69) is 10.2 Å². The number of nitrogens with zero attached hydrogens (tertiary/aromatic N) is 1. The number of para-hydroxylation sites is 1. The van der Waals surface area contributed by atoms with E-state index in [0.717, 1.165) is 22.6 Å². The summed E-state index contributed by atoms with van der Waals surface area (Å²) in [5, 5.41) is 2.94. The van der Waals surface area contributed by atoms with Crippen LogP contribution in [0.2, 0.25) is 0 Å². The van der Waals surface area contributed by atoms with Gasteiger partial charge in [0.05, 0.1) is 13.2 Å². The van der Waals surface area contributed by atoms with Crippen molar-refractivity contribution in [1.29, 1.82) is 0 Å². The molecule has 0 fully saturated rings. The van der Waals surface area contributed by atoms with Crippen LogP contribution in [0, 0.1) is 6.92 Å². The Bertz CT molecular complexity index is 684. The molecule has 0 aliphatic rings. The van der Waals surface area contributed by atoms with E-state index in [4.69, 9.17) is 9.47 Å². The summed E-state index contributed by atoms with van der Waals surface area (Å²) in [6.45, 7) is 2.47. The number of hydrogen-bond acceptors (Lipinski definition) is 4. The van der Waals surface area contributed by atoms with Crippen LogP contribution in [0.1, 0.15) is 17.2 Å². The quantitative estimate of drug-likeness (QED) is 0.801. The smallest absolute Gasteiger partial charge is 0.258 e. The third-order valence-corrected chi connectivity index (χ3v) is 4.07. The fraction of sp³-hybridized carbons (Fsp3) is 0.350. The first-order chi connectivity index (χ1) is 12.0. The lowest BCUT2D eigenvalue weighted by atomic mass is 10.1. The minimum absolute atomic E-state index is 0.00755. The lowest BCUT2D eigenvalue weighted by Crippen LogP contribution is -2.36.